The van der Waals surface area contributed by atoms with E-state index in [1.165, 1.54) is 12.8 Å². The Morgan fingerprint density at radius 1 is 1.07 bits per heavy atom. The third-order valence-electron chi connectivity index (χ3n) is 5.11. The number of halogens is 1. The van der Waals surface area contributed by atoms with Crippen molar-refractivity contribution in [3.63, 3.8) is 0 Å². The fraction of sp³-hybridized carbons (Fsp3) is 0.263. The maximum atomic E-state index is 12.8. The maximum absolute atomic E-state index is 12.8. The quantitative estimate of drug-likeness (QED) is 0.589. The van der Waals surface area contributed by atoms with Crippen molar-refractivity contribution < 1.29 is 4.79 Å². The van der Waals surface area contributed by atoms with E-state index in [0.29, 0.717) is 23.3 Å². The molecule has 0 aromatic carbocycles. The summed E-state index contributed by atoms with van der Waals surface area (Å²) in [6.45, 7) is 2.46. The molecular weight excluding hydrogens is 419 g/mol. The van der Waals surface area contributed by atoms with Gasteiger partial charge in [0.2, 0.25) is 0 Å². The van der Waals surface area contributed by atoms with Crippen molar-refractivity contribution in [2.45, 2.75) is 19.4 Å². The summed E-state index contributed by atoms with van der Waals surface area (Å²) in [6, 6.07) is 3.73. The first kappa shape index (κ1) is 17.4. The molecule has 7 nitrogen and oxygen atoms in total. The zero-order valence-electron chi connectivity index (χ0n) is 15.0. The van der Waals surface area contributed by atoms with Gasteiger partial charge in [-0.3, -0.25) is 9.78 Å². The number of nitrogens with zero attached hydrogens (tertiary/aromatic N) is 6. The summed E-state index contributed by atoms with van der Waals surface area (Å²) in [6.07, 6.45) is 9.14. The fourth-order valence-corrected chi connectivity index (χ4v) is 4.30. The van der Waals surface area contributed by atoms with E-state index in [1.54, 1.807) is 40.4 Å². The highest BCUT2D eigenvalue weighted by molar-refractivity contribution is 9.10. The number of amides is 1. The highest BCUT2D eigenvalue weighted by atomic mass is 79.9. The van der Waals surface area contributed by atoms with Crippen molar-refractivity contribution in [3.05, 3.63) is 52.7 Å². The molecule has 138 valence electrons. The van der Waals surface area contributed by atoms with Crippen LogP contribution in [0, 0.1) is 0 Å². The van der Waals surface area contributed by atoms with Crippen molar-refractivity contribution in [2.75, 3.05) is 22.9 Å². The number of hydrogen-bond donors (Lipinski definition) is 0. The molecule has 5 heterocycles. The number of carbonyl (C=O) groups is 1. The van der Waals surface area contributed by atoms with E-state index in [9.17, 15) is 4.79 Å². The van der Waals surface area contributed by atoms with Gasteiger partial charge in [0.1, 0.15) is 13.7 Å². The minimum Gasteiger partial charge on any atom is -0.356 e. The van der Waals surface area contributed by atoms with Crippen molar-refractivity contribution in [1.29, 1.82) is 0 Å². The van der Waals surface area contributed by atoms with Crippen molar-refractivity contribution >= 4 is 46.7 Å². The largest absolute Gasteiger partial charge is 0.356 e. The second kappa shape index (κ2) is 6.74. The van der Waals surface area contributed by atoms with Crippen LogP contribution in [0.5, 0.6) is 0 Å². The first-order valence-corrected chi connectivity index (χ1v) is 9.91. The summed E-state index contributed by atoms with van der Waals surface area (Å²) in [5.41, 5.74) is 3.33. The number of pyridine rings is 2. The molecule has 0 spiro atoms. The van der Waals surface area contributed by atoms with Crippen LogP contribution in [0.4, 0.5) is 11.5 Å². The van der Waals surface area contributed by atoms with Gasteiger partial charge in [0.05, 0.1) is 46.0 Å². The molecule has 1 saturated heterocycles. The van der Waals surface area contributed by atoms with Gasteiger partial charge in [0.25, 0.3) is 5.91 Å². The Bertz CT molecular complexity index is 1080. The Kier molecular flexibility index (Phi) is 4.19. The zero-order valence-corrected chi connectivity index (χ0v) is 16.6. The standard InChI is InChI=1S/C19H16BBrN6O/c20-12-5-13(8-22-7-12)26-11-17-15(19(26)28)10-27(24-17)14-6-16(21)18(23-9-14)25-3-1-2-4-25/h5-10H,1-4,11H2. The molecule has 3 aromatic heterocycles. The molecule has 0 bridgehead atoms. The van der Waals surface area contributed by atoms with Crippen LogP contribution >= 0.6 is 15.9 Å². The molecule has 1 fully saturated rings. The van der Waals surface area contributed by atoms with Gasteiger partial charge in [-0.05, 0) is 40.9 Å². The second-order valence-corrected chi connectivity index (χ2v) is 7.85. The van der Waals surface area contributed by atoms with Gasteiger partial charge >= 0.3 is 0 Å². The van der Waals surface area contributed by atoms with Gasteiger partial charge in [-0.15, -0.1) is 0 Å². The lowest BCUT2D eigenvalue weighted by Crippen LogP contribution is -2.25. The van der Waals surface area contributed by atoms with Crippen LogP contribution in [-0.4, -0.2) is 46.6 Å². The van der Waals surface area contributed by atoms with E-state index < -0.39 is 0 Å². The Morgan fingerprint density at radius 3 is 2.61 bits per heavy atom. The molecule has 0 atom stereocenters. The Labute approximate surface area is 171 Å². The lowest BCUT2D eigenvalue weighted by Gasteiger charge is -2.18. The summed E-state index contributed by atoms with van der Waals surface area (Å²) < 4.78 is 2.64. The van der Waals surface area contributed by atoms with Gasteiger partial charge in [0.15, 0.2) is 0 Å². The maximum Gasteiger partial charge on any atom is 0.262 e. The van der Waals surface area contributed by atoms with Crippen molar-refractivity contribution in [1.82, 2.24) is 19.7 Å². The number of carbonyl (C=O) groups excluding carboxylic acids is 1. The Morgan fingerprint density at radius 2 is 1.89 bits per heavy atom. The van der Waals surface area contributed by atoms with Crippen LogP contribution in [0.15, 0.2) is 41.4 Å². The van der Waals surface area contributed by atoms with Gasteiger partial charge in [-0.1, -0.05) is 5.46 Å². The van der Waals surface area contributed by atoms with E-state index >= 15 is 0 Å². The molecule has 0 saturated carbocycles. The van der Waals surface area contributed by atoms with E-state index in [4.69, 9.17) is 7.85 Å². The minimum atomic E-state index is -0.102. The van der Waals surface area contributed by atoms with Crippen LogP contribution in [0.1, 0.15) is 28.9 Å². The van der Waals surface area contributed by atoms with Gasteiger partial charge < -0.3 is 9.80 Å². The summed E-state index contributed by atoms with van der Waals surface area (Å²) >= 11 is 3.63. The molecule has 5 rings (SSSR count). The van der Waals surface area contributed by atoms with Crippen molar-refractivity contribution in [3.8, 4) is 5.69 Å². The van der Waals surface area contributed by atoms with Gasteiger partial charge in [0, 0.05) is 25.5 Å². The summed E-state index contributed by atoms with van der Waals surface area (Å²) in [5.74, 6) is 0.853. The minimum absolute atomic E-state index is 0.102. The summed E-state index contributed by atoms with van der Waals surface area (Å²) in [7, 11) is 5.79. The van der Waals surface area contributed by atoms with Gasteiger partial charge in [-0.2, -0.15) is 5.10 Å². The smallest absolute Gasteiger partial charge is 0.262 e. The highest BCUT2D eigenvalue weighted by Gasteiger charge is 2.32. The number of anilines is 2. The second-order valence-electron chi connectivity index (χ2n) is 6.99. The number of rotatable bonds is 3. The molecule has 2 aliphatic rings. The fourth-order valence-electron chi connectivity index (χ4n) is 3.71. The number of fused-ring (bicyclic) bond motifs is 1. The van der Waals surface area contributed by atoms with E-state index in [0.717, 1.165) is 34.8 Å². The molecule has 3 aromatic rings. The average molecular weight is 435 g/mol. The summed E-state index contributed by atoms with van der Waals surface area (Å²) in [5, 5.41) is 4.61. The number of aromatic nitrogens is 4. The van der Waals surface area contributed by atoms with Crippen LogP contribution in [0.3, 0.4) is 0 Å². The topological polar surface area (TPSA) is 67.2 Å². The van der Waals surface area contributed by atoms with E-state index in [1.807, 2.05) is 6.07 Å². The molecule has 0 aliphatic carbocycles. The predicted molar refractivity (Wildman–Crippen MR) is 111 cm³/mol. The lowest BCUT2D eigenvalue weighted by molar-refractivity contribution is 0.0996. The Hall–Kier alpha value is -2.68. The van der Waals surface area contributed by atoms with E-state index in [2.05, 4.69) is 35.9 Å². The number of hydrogen-bond acceptors (Lipinski definition) is 5. The average Bonchev–Trinajstić information content (AvgIpc) is 3.40. The third kappa shape index (κ3) is 2.90. The molecule has 28 heavy (non-hydrogen) atoms. The zero-order chi connectivity index (χ0) is 19.3. The van der Waals surface area contributed by atoms with Crippen LogP contribution in [-0.2, 0) is 6.54 Å². The van der Waals surface area contributed by atoms with Gasteiger partial charge in [-0.25, -0.2) is 9.67 Å². The van der Waals surface area contributed by atoms with E-state index in [-0.39, 0.29) is 5.91 Å². The molecule has 2 aliphatic heterocycles. The molecule has 0 N–H and O–H groups in total. The summed E-state index contributed by atoms with van der Waals surface area (Å²) in [4.78, 5) is 25.4. The monoisotopic (exact) mass is 434 g/mol. The normalized spacial score (nSPS) is 16.1. The predicted octanol–water partition coefficient (Wildman–Crippen LogP) is 1.98. The van der Waals surface area contributed by atoms with Crippen molar-refractivity contribution in [2.24, 2.45) is 0 Å². The first-order valence-electron chi connectivity index (χ1n) is 9.12. The third-order valence-corrected chi connectivity index (χ3v) is 5.69. The van der Waals surface area contributed by atoms with Crippen LogP contribution in [0.2, 0.25) is 0 Å². The molecule has 2 radical (unpaired) electrons. The lowest BCUT2D eigenvalue weighted by atomic mass is 9.98. The van der Waals surface area contributed by atoms with Crippen LogP contribution in [0.25, 0.3) is 5.69 Å². The molecule has 1 amide bonds. The Balaban J connectivity index is 1.42. The highest BCUT2D eigenvalue weighted by Crippen LogP contribution is 2.30. The first-order chi connectivity index (χ1) is 13.6. The SMILES string of the molecule is [B]c1cncc(N2Cc3nn(-c4cnc(N5CCCC5)c(Br)c4)cc3C2=O)c1. The molecular formula is C19H16BBrN6O. The molecule has 9 heteroatoms. The molecule has 0 unspecified atom stereocenters. The van der Waals surface area contributed by atoms with Crippen LogP contribution < -0.4 is 15.3 Å².